The van der Waals surface area contributed by atoms with E-state index in [9.17, 15) is 13.6 Å². The van der Waals surface area contributed by atoms with Crippen LogP contribution < -0.4 is 10.2 Å². The van der Waals surface area contributed by atoms with Crippen LogP contribution in [0.1, 0.15) is 66.4 Å². The number of alkyl halides is 2. The summed E-state index contributed by atoms with van der Waals surface area (Å²) in [7, 11) is 0. The summed E-state index contributed by atoms with van der Waals surface area (Å²) >= 11 is 0. The average molecular weight is 446 g/mol. The van der Waals surface area contributed by atoms with E-state index in [1.807, 2.05) is 6.07 Å². The van der Waals surface area contributed by atoms with E-state index >= 15 is 0 Å². The van der Waals surface area contributed by atoms with E-state index in [0.717, 1.165) is 32.1 Å². The Morgan fingerprint density at radius 3 is 2.69 bits per heavy atom. The molecule has 0 radical (unpaired) electrons. The van der Waals surface area contributed by atoms with Crippen LogP contribution in [0.3, 0.4) is 0 Å². The molecule has 170 valence electrons. The summed E-state index contributed by atoms with van der Waals surface area (Å²) in [5, 5.41) is 6.63. The van der Waals surface area contributed by atoms with Crippen LogP contribution in [0.25, 0.3) is 5.65 Å². The van der Waals surface area contributed by atoms with Crippen LogP contribution in [0.2, 0.25) is 0 Å². The fraction of sp³-hybridized carbons (Fsp3) is 0.524. The monoisotopic (exact) mass is 446 g/mol. The molecular formula is C21H24F2N6O3. The van der Waals surface area contributed by atoms with Gasteiger partial charge in [-0.15, -0.1) is 0 Å². The van der Waals surface area contributed by atoms with Crippen molar-refractivity contribution in [2.24, 2.45) is 0 Å². The molecule has 9 nitrogen and oxygen atoms in total. The highest BCUT2D eigenvalue weighted by molar-refractivity contribution is 6.07. The molecule has 1 saturated carbocycles. The van der Waals surface area contributed by atoms with Gasteiger partial charge in [-0.1, -0.05) is 19.3 Å². The van der Waals surface area contributed by atoms with Crippen LogP contribution in [0, 0.1) is 0 Å². The lowest BCUT2D eigenvalue weighted by Crippen LogP contribution is -2.36. The first-order valence-electron chi connectivity index (χ1n) is 10.9. The first-order valence-corrected chi connectivity index (χ1v) is 10.9. The van der Waals surface area contributed by atoms with E-state index in [1.165, 1.54) is 10.7 Å². The van der Waals surface area contributed by atoms with Crippen LogP contribution >= 0.6 is 0 Å². The average Bonchev–Trinajstić information content (AvgIpc) is 3.44. The summed E-state index contributed by atoms with van der Waals surface area (Å²) in [6.45, 7) is 2.59. The molecule has 0 unspecified atom stereocenters. The summed E-state index contributed by atoms with van der Waals surface area (Å²) < 4.78 is 39.7. The van der Waals surface area contributed by atoms with Gasteiger partial charge >= 0.3 is 0 Å². The summed E-state index contributed by atoms with van der Waals surface area (Å²) in [6.07, 6.45) is 5.05. The molecule has 0 spiro atoms. The molecule has 3 aromatic heterocycles. The van der Waals surface area contributed by atoms with Gasteiger partial charge in [-0.05, 0) is 18.9 Å². The first kappa shape index (κ1) is 20.8. The maximum absolute atomic E-state index is 13.6. The predicted molar refractivity (Wildman–Crippen MR) is 111 cm³/mol. The van der Waals surface area contributed by atoms with Crippen molar-refractivity contribution in [2.45, 2.75) is 44.4 Å². The third kappa shape index (κ3) is 4.04. The number of hydrogen-bond donors (Lipinski definition) is 1. The highest BCUT2D eigenvalue weighted by Crippen LogP contribution is 2.37. The number of amides is 1. The zero-order valence-corrected chi connectivity index (χ0v) is 17.5. The predicted octanol–water partition coefficient (Wildman–Crippen LogP) is 3.79. The first-order chi connectivity index (χ1) is 15.6. The van der Waals surface area contributed by atoms with Crippen molar-refractivity contribution in [1.82, 2.24) is 19.6 Å². The molecular weight excluding hydrogens is 422 g/mol. The molecule has 11 heteroatoms. The Morgan fingerprint density at radius 1 is 1.16 bits per heavy atom. The van der Waals surface area contributed by atoms with Crippen LogP contribution in [0.4, 0.5) is 20.5 Å². The number of rotatable bonds is 5. The van der Waals surface area contributed by atoms with Crippen molar-refractivity contribution in [2.75, 3.05) is 36.5 Å². The zero-order chi connectivity index (χ0) is 22.1. The number of carbonyl (C=O) groups excluding carboxylic acids is 1. The third-order valence-electron chi connectivity index (χ3n) is 5.99. The van der Waals surface area contributed by atoms with Gasteiger partial charge < -0.3 is 14.1 Å². The van der Waals surface area contributed by atoms with Crippen LogP contribution in [0.15, 0.2) is 22.9 Å². The van der Waals surface area contributed by atoms with E-state index in [-0.39, 0.29) is 23.3 Å². The van der Waals surface area contributed by atoms with Gasteiger partial charge in [-0.2, -0.15) is 5.10 Å². The number of nitrogens with zero attached hydrogens (tertiary/aromatic N) is 5. The molecule has 1 saturated heterocycles. The largest absolute Gasteiger partial charge is 0.424 e. The molecule has 32 heavy (non-hydrogen) atoms. The number of ether oxygens (including phenoxy) is 1. The van der Waals surface area contributed by atoms with Gasteiger partial charge in [-0.25, -0.2) is 23.3 Å². The second kappa shape index (κ2) is 8.81. The maximum Gasteiger partial charge on any atom is 0.285 e. The fourth-order valence-electron chi connectivity index (χ4n) is 4.27. The normalized spacial score (nSPS) is 17.9. The Hall–Kier alpha value is -3.08. The van der Waals surface area contributed by atoms with Gasteiger partial charge in [0.1, 0.15) is 11.4 Å². The summed E-state index contributed by atoms with van der Waals surface area (Å²) in [4.78, 5) is 23.6. The van der Waals surface area contributed by atoms with E-state index in [1.54, 1.807) is 6.20 Å². The molecule has 1 aliphatic heterocycles. The molecule has 5 rings (SSSR count). The lowest BCUT2D eigenvalue weighted by atomic mass is 9.89. The summed E-state index contributed by atoms with van der Waals surface area (Å²) in [5.74, 6) is 0.0292. The number of oxazole rings is 1. The van der Waals surface area contributed by atoms with Crippen molar-refractivity contribution in [1.29, 1.82) is 0 Å². The van der Waals surface area contributed by atoms with Crippen molar-refractivity contribution >= 4 is 23.3 Å². The van der Waals surface area contributed by atoms with E-state index in [0.29, 0.717) is 37.8 Å². The second-order valence-electron chi connectivity index (χ2n) is 8.07. The third-order valence-corrected chi connectivity index (χ3v) is 5.99. The lowest BCUT2D eigenvalue weighted by molar-refractivity contribution is 0.102. The highest BCUT2D eigenvalue weighted by atomic mass is 19.3. The van der Waals surface area contributed by atoms with Crippen molar-refractivity contribution in [3.05, 3.63) is 35.6 Å². The lowest BCUT2D eigenvalue weighted by Gasteiger charge is -2.27. The van der Waals surface area contributed by atoms with Crippen molar-refractivity contribution in [3.8, 4) is 0 Å². The fourth-order valence-corrected chi connectivity index (χ4v) is 4.27. The number of carbonyl (C=O) groups is 1. The number of hydrogen-bond acceptors (Lipinski definition) is 7. The minimum atomic E-state index is -2.86. The Labute approximate surface area is 182 Å². The number of anilines is 2. The highest BCUT2D eigenvalue weighted by Gasteiger charge is 2.29. The Bertz CT molecular complexity index is 1100. The topological polar surface area (TPSA) is 97.8 Å². The molecule has 0 aromatic carbocycles. The standard InChI is InChI=1S/C21H24F2N6O3/c22-17(23)16-21(32-20(26-16)13-4-2-1-3-5-13)27-19(30)14-12-24-29-7-6-15(25-18(14)29)28-8-10-31-11-9-28/h6-7,12-13,17H,1-5,8-11H2,(H,27,30). The summed E-state index contributed by atoms with van der Waals surface area (Å²) in [6, 6.07) is 1.81. The minimum absolute atomic E-state index is 0.00151. The van der Waals surface area contributed by atoms with Crippen molar-refractivity contribution in [3.63, 3.8) is 0 Å². The van der Waals surface area contributed by atoms with Gasteiger partial charge in [-0.3, -0.25) is 10.1 Å². The van der Waals surface area contributed by atoms with E-state index in [2.05, 4.69) is 25.3 Å². The van der Waals surface area contributed by atoms with Gasteiger partial charge in [0.25, 0.3) is 12.3 Å². The van der Waals surface area contributed by atoms with Gasteiger partial charge in [0.05, 0.1) is 19.4 Å². The zero-order valence-electron chi connectivity index (χ0n) is 17.5. The molecule has 0 bridgehead atoms. The number of morpholine rings is 1. The molecule has 0 atom stereocenters. The molecule has 3 aromatic rings. The van der Waals surface area contributed by atoms with Crippen LogP contribution in [-0.4, -0.2) is 51.8 Å². The molecule has 1 aliphatic carbocycles. The quantitative estimate of drug-likeness (QED) is 0.637. The van der Waals surface area contributed by atoms with Gasteiger partial charge in [0.15, 0.2) is 17.2 Å². The van der Waals surface area contributed by atoms with E-state index < -0.39 is 18.0 Å². The number of halogens is 2. The second-order valence-corrected chi connectivity index (χ2v) is 8.07. The minimum Gasteiger partial charge on any atom is -0.424 e. The number of nitrogens with one attached hydrogen (secondary N) is 1. The smallest absolute Gasteiger partial charge is 0.285 e. The van der Waals surface area contributed by atoms with E-state index in [4.69, 9.17) is 9.15 Å². The number of fused-ring (bicyclic) bond motifs is 1. The molecule has 2 aliphatic rings. The molecule has 4 heterocycles. The van der Waals surface area contributed by atoms with Crippen molar-refractivity contribution < 1.29 is 22.7 Å². The molecule has 2 fully saturated rings. The summed E-state index contributed by atoms with van der Waals surface area (Å²) in [5.41, 5.74) is -0.0505. The maximum atomic E-state index is 13.6. The SMILES string of the molecule is O=C(Nc1oc(C2CCCCC2)nc1C(F)F)c1cnn2ccc(N3CCOCC3)nc12. The Kier molecular flexibility index (Phi) is 5.73. The van der Waals surface area contributed by atoms with Crippen LogP contribution in [0.5, 0.6) is 0 Å². The number of aromatic nitrogens is 4. The van der Waals surface area contributed by atoms with Crippen LogP contribution in [-0.2, 0) is 4.74 Å². The van der Waals surface area contributed by atoms with Gasteiger partial charge in [0.2, 0.25) is 5.88 Å². The van der Waals surface area contributed by atoms with Gasteiger partial charge in [0, 0.05) is 25.2 Å². The Morgan fingerprint density at radius 2 is 1.94 bits per heavy atom. The molecule has 1 N–H and O–H groups in total. The molecule has 1 amide bonds. The Balaban J connectivity index is 1.41.